The number of allylic oxidation sites excluding steroid dienone is 1. The van der Waals surface area contributed by atoms with E-state index in [2.05, 4.69) is 25.5 Å². The highest BCUT2D eigenvalue weighted by Gasteiger charge is 2.21. The highest BCUT2D eigenvalue weighted by atomic mass is 16.5. The summed E-state index contributed by atoms with van der Waals surface area (Å²) in [6.07, 6.45) is 6.90. The third kappa shape index (κ3) is 7.08. The van der Waals surface area contributed by atoms with Gasteiger partial charge in [0.2, 0.25) is 11.8 Å². The Bertz CT molecular complexity index is 2410. The number of methoxy groups -OCH3 is 1. The Morgan fingerprint density at radius 1 is 0.887 bits per heavy atom. The molecule has 17 heteroatoms. The van der Waals surface area contributed by atoms with Gasteiger partial charge in [-0.2, -0.15) is 10.2 Å². The highest BCUT2D eigenvalue weighted by Crippen LogP contribution is 2.36. The molecule has 0 aliphatic carbocycles. The molecule has 274 valence electrons. The van der Waals surface area contributed by atoms with Crippen LogP contribution in [0.4, 0.5) is 11.5 Å². The standard InChI is InChI=1S/C36H41N13O4/c1-6-48-27(12-20(3)44-48)33-40-18-25-24-14-22(31(38)50)16-29(53-5)30(24)47(34(25)43-33)11-9-8-10-46(35-26(37)15-23(17-41-35)32(39)51)19-42-36(52)28-13-21(4)45-49(28)7-2/h8-9,12-18H,6-7,10-11,19,37H2,1-5H3,(H2,38,50)(H2,39,51)(H,42,52)/b9-8+. The van der Waals surface area contributed by atoms with Crippen LogP contribution >= 0.6 is 0 Å². The van der Waals surface area contributed by atoms with E-state index in [9.17, 15) is 14.4 Å². The van der Waals surface area contributed by atoms with Gasteiger partial charge in [-0.05, 0) is 58.0 Å². The molecule has 0 bridgehead atoms. The Morgan fingerprint density at radius 3 is 2.28 bits per heavy atom. The van der Waals surface area contributed by atoms with Crippen LogP contribution in [0.25, 0.3) is 33.5 Å². The summed E-state index contributed by atoms with van der Waals surface area (Å²) in [6, 6.07) is 8.42. The van der Waals surface area contributed by atoms with Crippen molar-refractivity contribution in [3.63, 3.8) is 0 Å². The number of nitrogen functional groups attached to an aromatic ring is 1. The lowest BCUT2D eigenvalue weighted by Gasteiger charge is -2.24. The van der Waals surface area contributed by atoms with E-state index in [-0.39, 0.29) is 35.9 Å². The number of anilines is 2. The van der Waals surface area contributed by atoms with Crippen LogP contribution in [0.1, 0.15) is 56.4 Å². The average molecular weight is 720 g/mol. The molecule has 0 atom stereocenters. The third-order valence-electron chi connectivity index (χ3n) is 8.72. The van der Waals surface area contributed by atoms with E-state index in [1.807, 2.05) is 55.2 Å². The van der Waals surface area contributed by atoms with Gasteiger partial charge in [-0.15, -0.1) is 0 Å². The van der Waals surface area contributed by atoms with Crippen molar-refractivity contribution in [1.29, 1.82) is 0 Å². The molecule has 1 aromatic carbocycles. The van der Waals surface area contributed by atoms with E-state index in [0.717, 1.165) is 17.1 Å². The topological polar surface area (TPSA) is 233 Å². The molecule has 0 saturated heterocycles. The van der Waals surface area contributed by atoms with Crippen LogP contribution in [0, 0.1) is 13.8 Å². The van der Waals surface area contributed by atoms with Crippen LogP contribution in [-0.4, -0.2) is 77.1 Å². The van der Waals surface area contributed by atoms with E-state index < -0.39 is 11.8 Å². The second kappa shape index (κ2) is 14.8. The molecular formula is C36H41N13O4. The van der Waals surface area contributed by atoms with Gasteiger partial charge < -0.3 is 36.7 Å². The zero-order valence-electron chi connectivity index (χ0n) is 30.1. The summed E-state index contributed by atoms with van der Waals surface area (Å²) in [7, 11) is 1.53. The average Bonchev–Trinajstić information content (AvgIpc) is 3.82. The maximum atomic E-state index is 13.2. The number of aryl methyl sites for hydroxylation is 4. The number of primary amides is 2. The number of amides is 3. The van der Waals surface area contributed by atoms with Crippen LogP contribution in [-0.2, 0) is 19.6 Å². The van der Waals surface area contributed by atoms with Gasteiger partial charge in [0.1, 0.15) is 22.8 Å². The molecule has 0 unspecified atom stereocenters. The van der Waals surface area contributed by atoms with Crippen molar-refractivity contribution in [3.05, 3.63) is 83.1 Å². The van der Waals surface area contributed by atoms with Crippen molar-refractivity contribution >= 4 is 51.2 Å². The minimum Gasteiger partial charge on any atom is -0.495 e. The summed E-state index contributed by atoms with van der Waals surface area (Å²) in [5.74, 6) is -0.302. The van der Waals surface area contributed by atoms with Gasteiger partial charge >= 0.3 is 0 Å². The van der Waals surface area contributed by atoms with Gasteiger partial charge in [-0.1, -0.05) is 12.2 Å². The molecule has 17 nitrogen and oxygen atoms in total. The van der Waals surface area contributed by atoms with Gasteiger partial charge in [0, 0.05) is 54.9 Å². The zero-order chi connectivity index (χ0) is 38.0. The maximum absolute atomic E-state index is 13.2. The first-order valence-corrected chi connectivity index (χ1v) is 16.9. The van der Waals surface area contributed by atoms with Crippen molar-refractivity contribution in [2.45, 2.75) is 47.3 Å². The van der Waals surface area contributed by atoms with Crippen molar-refractivity contribution in [3.8, 4) is 17.3 Å². The van der Waals surface area contributed by atoms with Crippen molar-refractivity contribution in [2.24, 2.45) is 11.5 Å². The monoisotopic (exact) mass is 719 g/mol. The van der Waals surface area contributed by atoms with Crippen LogP contribution < -0.4 is 32.2 Å². The summed E-state index contributed by atoms with van der Waals surface area (Å²) in [5.41, 5.74) is 22.2. The van der Waals surface area contributed by atoms with Gasteiger partial charge in [-0.3, -0.25) is 23.7 Å². The van der Waals surface area contributed by atoms with Crippen LogP contribution in [0.15, 0.2) is 54.9 Å². The van der Waals surface area contributed by atoms with E-state index in [1.54, 1.807) is 34.0 Å². The Hall–Kier alpha value is -6.78. The number of pyridine rings is 1. The van der Waals surface area contributed by atoms with Crippen LogP contribution in [0.3, 0.4) is 0 Å². The molecule has 0 saturated carbocycles. The minimum absolute atomic E-state index is 0.0322. The molecule has 0 aliphatic rings. The lowest BCUT2D eigenvalue weighted by atomic mass is 10.1. The molecule has 6 aromatic rings. The number of aromatic nitrogens is 8. The number of carbonyl (C=O) groups excluding carboxylic acids is 3. The number of rotatable bonds is 14. The maximum Gasteiger partial charge on any atom is 0.270 e. The molecule has 0 fully saturated rings. The minimum atomic E-state index is -0.662. The first-order valence-electron chi connectivity index (χ1n) is 16.9. The number of ether oxygens (including phenoxy) is 1. The van der Waals surface area contributed by atoms with Crippen molar-refractivity contribution in [1.82, 2.24) is 44.4 Å². The van der Waals surface area contributed by atoms with Gasteiger partial charge in [0.15, 0.2) is 11.6 Å². The Balaban J connectivity index is 1.37. The second-order valence-electron chi connectivity index (χ2n) is 12.3. The molecule has 0 spiro atoms. The summed E-state index contributed by atoms with van der Waals surface area (Å²) in [6.45, 7) is 9.42. The van der Waals surface area contributed by atoms with E-state index >= 15 is 0 Å². The summed E-state index contributed by atoms with van der Waals surface area (Å²) < 4.78 is 11.2. The molecule has 3 amide bonds. The predicted molar refractivity (Wildman–Crippen MR) is 200 cm³/mol. The number of nitrogens with two attached hydrogens (primary N) is 3. The first kappa shape index (κ1) is 36.0. The fraction of sp³-hybridized carbons (Fsp3) is 0.278. The molecular weight excluding hydrogens is 678 g/mol. The summed E-state index contributed by atoms with van der Waals surface area (Å²) >= 11 is 0. The van der Waals surface area contributed by atoms with Gasteiger partial charge in [0.25, 0.3) is 5.91 Å². The summed E-state index contributed by atoms with van der Waals surface area (Å²) in [4.78, 5) is 53.2. The van der Waals surface area contributed by atoms with Crippen molar-refractivity contribution < 1.29 is 19.1 Å². The number of fused-ring (bicyclic) bond motifs is 3. The van der Waals surface area contributed by atoms with Crippen LogP contribution in [0.2, 0.25) is 0 Å². The smallest absolute Gasteiger partial charge is 0.270 e. The number of nitrogens with zero attached hydrogens (tertiary/aromatic N) is 9. The van der Waals surface area contributed by atoms with E-state index in [4.69, 9.17) is 26.9 Å². The number of benzene rings is 1. The largest absolute Gasteiger partial charge is 0.495 e. The molecule has 0 aliphatic heterocycles. The van der Waals surface area contributed by atoms with Gasteiger partial charge in [0.05, 0.1) is 41.9 Å². The fourth-order valence-corrected chi connectivity index (χ4v) is 6.24. The Kier molecular flexibility index (Phi) is 10.1. The third-order valence-corrected chi connectivity index (χ3v) is 8.72. The lowest BCUT2D eigenvalue weighted by molar-refractivity contribution is 0.0941. The van der Waals surface area contributed by atoms with Gasteiger partial charge in [-0.25, -0.2) is 15.0 Å². The first-order chi connectivity index (χ1) is 25.4. The molecule has 5 aromatic heterocycles. The lowest BCUT2D eigenvalue weighted by Crippen LogP contribution is -2.39. The summed E-state index contributed by atoms with van der Waals surface area (Å²) in [5, 5.41) is 13.3. The molecule has 0 radical (unpaired) electrons. The molecule has 6 rings (SSSR count). The quantitative estimate of drug-likeness (QED) is 0.0944. The highest BCUT2D eigenvalue weighted by molar-refractivity contribution is 6.11. The Labute approximate surface area is 304 Å². The molecule has 7 N–H and O–H groups in total. The zero-order valence-corrected chi connectivity index (χ0v) is 30.1. The van der Waals surface area contributed by atoms with E-state index in [0.29, 0.717) is 64.7 Å². The van der Waals surface area contributed by atoms with E-state index in [1.165, 1.54) is 19.4 Å². The SMILES string of the molecule is CCn1nc(C)cc1C(=O)NCN(C/C=C/Cn1c2nc(-c3cc(C)nn3CC)ncc2c2cc(C(N)=O)cc(OC)c21)c1ncc(C(N)=O)cc1N. The predicted octanol–water partition coefficient (Wildman–Crippen LogP) is 2.94. The normalized spacial score (nSPS) is 11.5. The second-order valence-corrected chi connectivity index (χ2v) is 12.3. The van der Waals surface area contributed by atoms with Crippen LogP contribution in [0.5, 0.6) is 5.75 Å². The number of hydrogen-bond acceptors (Lipinski definition) is 11. The number of hydrogen-bond donors (Lipinski definition) is 4. The fourth-order valence-electron chi connectivity index (χ4n) is 6.24. The molecule has 5 heterocycles. The number of carbonyl (C=O) groups is 3. The van der Waals surface area contributed by atoms with Crippen molar-refractivity contribution in [2.75, 3.05) is 31.0 Å². The molecule has 53 heavy (non-hydrogen) atoms. The Morgan fingerprint density at radius 2 is 1.60 bits per heavy atom. The number of nitrogens with one attached hydrogen (secondary N) is 1.